The van der Waals surface area contributed by atoms with Gasteiger partial charge < -0.3 is 10.3 Å². The monoisotopic (exact) mass is 299 g/mol. The van der Waals surface area contributed by atoms with Crippen molar-refractivity contribution in [3.05, 3.63) is 36.2 Å². The Kier molecular flexibility index (Phi) is 4.00. The van der Waals surface area contributed by atoms with Crippen molar-refractivity contribution >= 4 is 15.7 Å². The van der Waals surface area contributed by atoms with Crippen LogP contribution < -0.4 is 10.5 Å². The van der Waals surface area contributed by atoms with Gasteiger partial charge in [0.1, 0.15) is 18.0 Å². The van der Waals surface area contributed by atoms with Gasteiger partial charge in [-0.15, -0.1) is 10.2 Å². The number of anilines is 1. The molecule has 0 spiro atoms. The molecule has 9 heteroatoms. The van der Waals surface area contributed by atoms with Gasteiger partial charge in [-0.25, -0.2) is 17.5 Å². The molecule has 0 amide bonds. The number of nitrogens with two attached hydrogens (primary N) is 1. The average Bonchev–Trinajstić information content (AvgIpc) is 2.87. The van der Waals surface area contributed by atoms with Gasteiger partial charge in [0.15, 0.2) is 0 Å². The van der Waals surface area contributed by atoms with Crippen molar-refractivity contribution in [2.24, 2.45) is 0 Å². The van der Waals surface area contributed by atoms with E-state index in [4.69, 9.17) is 5.73 Å². The molecule has 0 aliphatic heterocycles. The fourth-order valence-electron chi connectivity index (χ4n) is 1.60. The van der Waals surface area contributed by atoms with Crippen LogP contribution in [0.25, 0.3) is 0 Å². The van der Waals surface area contributed by atoms with Gasteiger partial charge in [0.25, 0.3) is 0 Å². The van der Waals surface area contributed by atoms with E-state index < -0.39 is 15.8 Å². The summed E-state index contributed by atoms with van der Waals surface area (Å²) in [6.07, 6.45) is 1.51. The van der Waals surface area contributed by atoms with Crippen molar-refractivity contribution in [1.82, 2.24) is 19.5 Å². The predicted octanol–water partition coefficient (Wildman–Crippen LogP) is 0.498. The van der Waals surface area contributed by atoms with Crippen molar-refractivity contribution in [2.75, 3.05) is 5.73 Å². The van der Waals surface area contributed by atoms with Crippen LogP contribution in [-0.4, -0.2) is 23.2 Å². The van der Waals surface area contributed by atoms with E-state index in [1.54, 1.807) is 4.57 Å². The minimum atomic E-state index is -3.83. The Hall–Kier alpha value is -2.00. The molecule has 3 N–H and O–H groups in total. The standard InChI is InChI=1S/C11H14FN5O2S/c1-2-17-7-14-16-11(17)6-15-20(18,19)8-3-4-10(13)9(12)5-8/h3-5,7,15H,2,6,13H2,1H3. The normalized spacial score (nSPS) is 11.7. The third-order valence-electron chi connectivity index (χ3n) is 2.74. The number of halogens is 1. The molecule has 0 radical (unpaired) electrons. The molecular weight excluding hydrogens is 285 g/mol. The first-order valence-corrected chi connectivity index (χ1v) is 7.33. The largest absolute Gasteiger partial charge is 0.396 e. The van der Waals surface area contributed by atoms with E-state index in [-0.39, 0.29) is 17.1 Å². The molecule has 0 aliphatic rings. The Labute approximate surface area is 115 Å². The Morgan fingerprint density at radius 1 is 1.45 bits per heavy atom. The number of benzene rings is 1. The zero-order valence-corrected chi connectivity index (χ0v) is 11.6. The maximum atomic E-state index is 13.3. The highest BCUT2D eigenvalue weighted by molar-refractivity contribution is 7.89. The van der Waals surface area contributed by atoms with Crippen LogP contribution in [0.3, 0.4) is 0 Å². The maximum absolute atomic E-state index is 13.3. The first kappa shape index (κ1) is 14.4. The third-order valence-corrected chi connectivity index (χ3v) is 4.14. The first-order valence-electron chi connectivity index (χ1n) is 5.85. The number of nitrogens with one attached hydrogen (secondary N) is 1. The lowest BCUT2D eigenvalue weighted by Gasteiger charge is -2.08. The summed E-state index contributed by atoms with van der Waals surface area (Å²) in [6, 6.07) is 3.33. The van der Waals surface area contributed by atoms with E-state index in [0.29, 0.717) is 12.4 Å². The number of hydrogen-bond donors (Lipinski definition) is 2. The van der Waals surface area contributed by atoms with Crippen LogP contribution in [0.1, 0.15) is 12.7 Å². The number of nitrogen functional groups attached to an aromatic ring is 1. The molecule has 1 aromatic carbocycles. The second-order valence-corrected chi connectivity index (χ2v) is 5.81. The van der Waals surface area contributed by atoms with Gasteiger partial charge in [0, 0.05) is 6.54 Å². The van der Waals surface area contributed by atoms with Crippen molar-refractivity contribution in [3.8, 4) is 0 Å². The Morgan fingerprint density at radius 2 is 2.20 bits per heavy atom. The quantitative estimate of drug-likeness (QED) is 0.782. The van der Waals surface area contributed by atoms with Gasteiger partial charge in [-0.3, -0.25) is 0 Å². The SMILES string of the molecule is CCn1cnnc1CNS(=O)(=O)c1ccc(N)c(F)c1. The van der Waals surface area contributed by atoms with Gasteiger partial charge in [0.2, 0.25) is 10.0 Å². The van der Waals surface area contributed by atoms with Gasteiger partial charge in [0.05, 0.1) is 17.1 Å². The summed E-state index contributed by atoms with van der Waals surface area (Å²) in [4.78, 5) is -0.188. The molecule has 1 heterocycles. The molecule has 2 rings (SSSR count). The number of aryl methyl sites for hydroxylation is 1. The fourth-order valence-corrected chi connectivity index (χ4v) is 2.59. The lowest BCUT2D eigenvalue weighted by molar-refractivity contribution is 0.572. The third kappa shape index (κ3) is 2.94. The summed E-state index contributed by atoms with van der Waals surface area (Å²) in [6.45, 7) is 2.49. The molecule has 20 heavy (non-hydrogen) atoms. The molecule has 1 aromatic heterocycles. The molecule has 0 aliphatic carbocycles. The van der Waals surface area contributed by atoms with E-state index in [2.05, 4.69) is 14.9 Å². The lowest BCUT2D eigenvalue weighted by Crippen LogP contribution is -2.25. The average molecular weight is 299 g/mol. The molecule has 7 nitrogen and oxygen atoms in total. The minimum Gasteiger partial charge on any atom is -0.396 e. The zero-order chi connectivity index (χ0) is 14.8. The molecule has 0 unspecified atom stereocenters. The predicted molar refractivity (Wildman–Crippen MR) is 70.5 cm³/mol. The summed E-state index contributed by atoms with van der Waals surface area (Å²) in [5, 5.41) is 7.50. The van der Waals surface area contributed by atoms with Crippen molar-refractivity contribution in [3.63, 3.8) is 0 Å². The van der Waals surface area contributed by atoms with Crippen molar-refractivity contribution < 1.29 is 12.8 Å². The summed E-state index contributed by atoms with van der Waals surface area (Å²) in [7, 11) is -3.83. The van der Waals surface area contributed by atoms with Gasteiger partial charge in [-0.2, -0.15) is 0 Å². The maximum Gasteiger partial charge on any atom is 0.241 e. The van der Waals surface area contributed by atoms with Crippen LogP contribution in [0.4, 0.5) is 10.1 Å². The molecule has 0 saturated carbocycles. The molecule has 0 fully saturated rings. The van der Waals surface area contributed by atoms with Crippen LogP contribution in [0.2, 0.25) is 0 Å². The van der Waals surface area contributed by atoms with Crippen LogP contribution in [0.15, 0.2) is 29.4 Å². The number of sulfonamides is 1. The minimum absolute atomic E-state index is 0.0256. The van der Waals surface area contributed by atoms with E-state index in [1.165, 1.54) is 18.5 Å². The number of nitrogens with zero attached hydrogens (tertiary/aromatic N) is 3. The number of aromatic nitrogens is 3. The number of hydrogen-bond acceptors (Lipinski definition) is 5. The second-order valence-electron chi connectivity index (χ2n) is 4.04. The topological polar surface area (TPSA) is 103 Å². The molecule has 0 atom stereocenters. The van der Waals surface area contributed by atoms with Gasteiger partial charge >= 0.3 is 0 Å². The van der Waals surface area contributed by atoms with E-state index in [0.717, 1.165) is 6.07 Å². The molecule has 0 saturated heterocycles. The summed E-state index contributed by atoms with van der Waals surface area (Å²) < 4.78 is 41.4. The number of rotatable bonds is 5. The summed E-state index contributed by atoms with van der Waals surface area (Å²) >= 11 is 0. The highest BCUT2D eigenvalue weighted by Crippen LogP contribution is 2.16. The molecule has 108 valence electrons. The van der Waals surface area contributed by atoms with E-state index >= 15 is 0 Å². The van der Waals surface area contributed by atoms with Gasteiger partial charge in [-0.05, 0) is 25.1 Å². The van der Waals surface area contributed by atoms with E-state index in [9.17, 15) is 12.8 Å². The Morgan fingerprint density at radius 3 is 2.85 bits per heavy atom. The summed E-state index contributed by atoms with van der Waals surface area (Å²) in [5.41, 5.74) is 5.21. The highest BCUT2D eigenvalue weighted by Gasteiger charge is 2.16. The highest BCUT2D eigenvalue weighted by atomic mass is 32.2. The first-order chi connectivity index (χ1) is 9.44. The fraction of sp³-hybridized carbons (Fsp3) is 0.273. The van der Waals surface area contributed by atoms with Crippen LogP contribution >= 0.6 is 0 Å². The van der Waals surface area contributed by atoms with Crippen molar-refractivity contribution in [2.45, 2.75) is 24.9 Å². The Balaban J connectivity index is 2.17. The van der Waals surface area contributed by atoms with Crippen molar-refractivity contribution in [1.29, 1.82) is 0 Å². The second kappa shape index (κ2) is 5.55. The van der Waals surface area contributed by atoms with Crippen LogP contribution in [0, 0.1) is 5.82 Å². The zero-order valence-electron chi connectivity index (χ0n) is 10.7. The smallest absolute Gasteiger partial charge is 0.241 e. The summed E-state index contributed by atoms with van der Waals surface area (Å²) in [5.74, 6) is -0.295. The van der Waals surface area contributed by atoms with E-state index in [1.807, 2.05) is 6.92 Å². The molecule has 2 aromatic rings. The molecule has 0 bridgehead atoms. The van der Waals surface area contributed by atoms with Gasteiger partial charge in [-0.1, -0.05) is 0 Å². The lowest BCUT2D eigenvalue weighted by atomic mass is 10.3. The Bertz CT molecular complexity index is 713. The van der Waals surface area contributed by atoms with Crippen LogP contribution in [-0.2, 0) is 23.1 Å². The van der Waals surface area contributed by atoms with Crippen LogP contribution in [0.5, 0.6) is 0 Å². The molecular formula is C11H14FN5O2S.